The number of nitrogens with one attached hydrogen (secondary N) is 1. The van der Waals surface area contributed by atoms with Gasteiger partial charge in [-0.25, -0.2) is 4.98 Å². The van der Waals surface area contributed by atoms with Crippen molar-refractivity contribution in [3.05, 3.63) is 51.6 Å². The maximum Gasteiger partial charge on any atom is 0.255 e. The Morgan fingerprint density at radius 1 is 1.33 bits per heavy atom. The molecule has 0 aliphatic carbocycles. The highest BCUT2D eigenvalue weighted by atomic mass is 79.9. The van der Waals surface area contributed by atoms with Gasteiger partial charge in [-0.2, -0.15) is 0 Å². The molecule has 6 heteroatoms. The van der Waals surface area contributed by atoms with Crippen molar-refractivity contribution < 1.29 is 4.79 Å². The van der Waals surface area contributed by atoms with Gasteiger partial charge in [0.2, 0.25) is 0 Å². The lowest BCUT2D eigenvalue weighted by Crippen LogP contribution is -2.12. The van der Waals surface area contributed by atoms with Crippen molar-refractivity contribution in [3.8, 4) is 0 Å². The van der Waals surface area contributed by atoms with Crippen LogP contribution in [0.5, 0.6) is 0 Å². The quantitative estimate of drug-likeness (QED) is 0.889. The SMILES string of the molecule is Nc1ccc(NC(=O)c2ccc(Br)c(Cl)c2)cn1. The van der Waals surface area contributed by atoms with Crippen molar-refractivity contribution in [2.75, 3.05) is 11.1 Å². The van der Waals surface area contributed by atoms with Crippen LogP contribution in [0.15, 0.2) is 41.0 Å². The highest BCUT2D eigenvalue weighted by Gasteiger charge is 2.08. The first-order chi connectivity index (χ1) is 8.56. The summed E-state index contributed by atoms with van der Waals surface area (Å²) in [5.74, 6) is 0.149. The predicted molar refractivity (Wildman–Crippen MR) is 75.8 cm³/mol. The number of nitrogen functional groups attached to an aromatic ring is 1. The first kappa shape index (κ1) is 12.9. The molecule has 0 saturated carbocycles. The van der Waals surface area contributed by atoms with Gasteiger partial charge >= 0.3 is 0 Å². The molecule has 0 atom stereocenters. The zero-order valence-corrected chi connectivity index (χ0v) is 11.5. The summed E-state index contributed by atoms with van der Waals surface area (Å²) in [6.45, 7) is 0. The average Bonchev–Trinajstić information content (AvgIpc) is 2.35. The summed E-state index contributed by atoms with van der Waals surface area (Å²) >= 11 is 9.19. The number of nitrogens with two attached hydrogens (primary N) is 1. The average molecular weight is 327 g/mol. The van der Waals surface area contributed by atoms with Gasteiger partial charge in [0.1, 0.15) is 5.82 Å². The topological polar surface area (TPSA) is 68.0 Å². The van der Waals surface area contributed by atoms with E-state index in [1.54, 1.807) is 30.3 Å². The lowest BCUT2D eigenvalue weighted by Gasteiger charge is -2.06. The molecule has 0 fully saturated rings. The second kappa shape index (κ2) is 5.37. The Balaban J connectivity index is 2.16. The number of rotatable bonds is 2. The van der Waals surface area contributed by atoms with E-state index in [1.165, 1.54) is 6.20 Å². The lowest BCUT2D eigenvalue weighted by molar-refractivity contribution is 0.102. The standard InChI is InChI=1S/C12H9BrClN3O/c13-9-3-1-7(5-10(9)14)12(18)17-8-2-4-11(15)16-6-8/h1-6H,(H2,15,16)(H,17,18). The molecule has 0 aliphatic rings. The minimum atomic E-state index is -0.254. The summed E-state index contributed by atoms with van der Waals surface area (Å²) < 4.78 is 0.745. The van der Waals surface area contributed by atoms with Gasteiger partial charge in [-0.05, 0) is 46.3 Å². The predicted octanol–water partition coefficient (Wildman–Crippen LogP) is 3.33. The van der Waals surface area contributed by atoms with Crippen molar-refractivity contribution >= 4 is 44.9 Å². The molecule has 18 heavy (non-hydrogen) atoms. The third kappa shape index (κ3) is 3.00. The molecule has 4 nitrogen and oxygen atoms in total. The number of pyridine rings is 1. The van der Waals surface area contributed by atoms with Crippen molar-refractivity contribution in [3.63, 3.8) is 0 Å². The number of benzene rings is 1. The van der Waals surface area contributed by atoms with Gasteiger partial charge in [-0.3, -0.25) is 4.79 Å². The van der Waals surface area contributed by atoms with E-state index in [-0.39, 0.29) is 5.91 Å². The van der Waals surface area contributed by atoms with Gasteiger partial charge < -0.3 is 11.1 Å². The number of halogens is 2. The summed E-state index contributed by atoms with van der Waals surface area (Å²) in [6, 6.07) is 8.28. The second-order valence-corrected chi connectivity index (χ2v) is 4.82. The molecule has 2 aromatic rings. The Morgan fingerprint density at radius 3 is 2.72 bits per heavy atom. The molecule has 1 aromatic carbocycles. The Hall–Kier alpha value is -1.59. The van der Waals surface area contributed by atoms with Gasteiger partial charge in [0.15, 0.2) is 0 Å². The first-order valence-corrected chi connectivity index (χ1v) is 6.21. The Bertz CT molecular complexity index is 586. The first-order valence-electron chi connectivity index (χ1n) is 5.04. The lowest BCUT2D eigenvalue weighted by atomic mass is 10.2. The van der Waals surface area contributed by atoms with E-state index >= 15 is 0 Å². The monoisotopic (exact) mass is 325 g/mol. The van der Waals surface area contributed by atoms with E-state index < -0.39 is 0 Å². The molecule has 92 valence electrons. The molecular formula is C12H9BrClN3O. The van der Waals surface area contributed by atoms with Crippen molar-refractivity contribution in [2.24, 2.45) is 0 Å². The molecule has 2 rings (SSSR count). The fourth-order valence-corrected chi connectivity index (χ4v) is 1.75. The minimum absolute atomic E-state index is 0.254. The van der Waals surface area contributed by atoms with Gasteiger partial charge in [0.05, 0.1) is 16.9 Å². The fourth-order valence-electron chi connectivity index (χ4n) is 1.32. The van der Waals surface area contributed by atoms with Gasteiger partial charge in [-0.1, -0.05) is 11.6 Å². The van der Waals surface area contributed by atoms with Crippen LogP contribution in [0.4, 0.5) is 11.5 Å². The van der Waals surface area contributed by atoms with E-state index in [4.69, 9.17) is 17.3 Å². The molecule has 3 N–H and O–H groups in total. The van der Waals surface area contributed by atoms with Crippen LogP contribution in [0, 0.1) is 0 Å². The molecule has 0 radical (unpaired) electrons. The molecular weight excluding hydrogens is 318 g/mol. The number of carbonyl (C=O) groups is 1. The van der Waals surface area contributed by atoms with Gasteiger partial charge in [0, 0.05) is 10.0 Å². The zero-order valence-electron chi connectivity index (χ0n) is 9.15. The van der Waals surface area contributed by atoms with Gasteiger partial charge in [-0.15, -0.1) is 0 Å². The Labute approximate surface area is 117 Å². The van der Waals surface area contributed by atoms with Crippen molar-refractivity contribution in [1.29, 1.82) is 0 Å². The van der Waals surface area contributed by atoms with Gasteiger partial charge in [0.25, 0.3) is 5.91 Å². The van der Waals surface area contributed by atoms with E-state index in [1.807, 2.05) is 0 Å². The highest BCUT2D eigenvalue weighted by Crippen LogP contribution is 2.23. The van der Waals surface area contributed by atoms with Crippen LogP contribution < -0.4 is 11.1 Å². The van der Waals surface area contributed by atoms with Crippen molar-refractivity contribution in [2.45, 2.75) is 0 Å². The van der Waals surface area contributed by atoms with E-state index in [9.17, 15) is 4.79 Å². The fraction of sp³-hybridized carbons (Fsp3) is 0. The number of amides is 1. The number of anilines is 2. The Kier molecular flexibility index (Phi) is 3.84. The number of hydrogen-bond donors (Lipinski definition) is 2. The number of aromatic nitrogens is 1. The summed E-state index contributed by atoms with van der Waals surface area (Å²) in [5, 5.41) is 3.19. The number of nitrogens with zero attached hydrogens (tertiary/aromatic N) is 1. The van der Waals surface area contributed by atoms with E-state index in [2.05, 4.69) is 26.2 Å². The molecule has 0 aliphatic heterocycles. The second-order valence-electron chi connectivity index (χ2n) is 3.55. The largest absolute Gasteiger partial charge is 0.384 e. The summed E-state index contributed by atoms with van der Waals surface area (Å²) in [4.78, 5) is 15.8. The maximum atomic E-state index is 11.9. The molecule has 0 saturated heterocycles. The number of hydrogen-bond acceptors (Lipinski definition) is 3. The van der Waals surface area contributed by atoms with E-state index in [0.29, 0.717) is 22.1 Å². The molecule has 0 spiro atoms. The summed E-state index contributed by atoms with van der Waals surface area (Å²) in [7, 11) is 0. The number of carbonyl (C=O) groups excluding carboxylic acids is 1. The summed E-state index contributed by atoms with van der Waals surface area (Å²) in [6.07, 6.45) is 1.49. The maximum absolute atomic E-state index is 11.9. The highest BCUT2D eigenvalue weighted by molar-refractivity contribution is 9.10. The van der Waals surface area contributed by atoms with Crippen LogP contribution in [0.1, 0.15) is 10.4 Å². The minimum Gasteiger partial charge on any atom is -0.384 e. The molecule has 1 aromatic heterocycles. The molecule has 0 bridgehead atoms. The normalized spacial score (nSPS) is 10.1. The van der Waals surface area contributed by atoms with Crippen LogP contribution in [0.25, 0.3) is 0 Å². The van der Waals surface area contributed by atoms with Crippen LogP contribution in [-0.4, -0.2) is 10.9 Å². The van der Waals surface area contributed by atoms with Crippen LogP contribution >= 0.6 is 27.5 Å². The zero-order chi connectivity index (χ0) is 13.1. The Morgan fingerprint density at radius 2 is 2.11 bits per heavy atom. The molecule has 0 unspecified atom stereocenters. The third-order valence-electron chi connectivity index (χ3n) is 2.23. The molecule has 1 amide bonds. The van der Waals surface area contributed by atoms with Crippen LogP contribution in [-0.2, 0) is 0 Å². The van der Waals surface area contributed by atoms with Crippen LogP contribution in [0.2, 0.25) is 5.02 Å². The molecule has 1 heterocycles. The van der Waals surface area contributed by atoms with Crippen molar-refractivity contribution in [1.82, 2.24) is 4.98 Å². The smallest absolute Gasteiger partial charge is 0.255 e. The van der Waals surface area contributed by atoms with E-state index in [0.717, 1.165) is 4.47 Å². The third-order valence-corrected chi connectivity index (χ3v) is 3.46. The summed E-state index contributed by atoms with van der Waals surface area (Å²) in [5.41, 5.74) is 6.51. The van der Waals surface area contributed by atoms with Crippen LogP contribution in [0.3, 0.4) is 0 Å².